The van der Waals surface area contributed by atoms with Crippen LogP contribution in [0.3, 0.4) is 0 Å². The van der Waals surface area contributed by atoms with Crippen LogP contribution in [0.15, 0.2) is 138 Å². The zero-order valence-electron chi connectivity index (χ0n) is 52.7. The molecule has 0 saturated carbocycles. The Morgan fingerprint density at radius 2 is 1.40 bits per heavy atom. The van der Waals surface area contributed by atoms with Crippen molar-refractivity contribution >= 4 is 54.3 Å². The van der Waals surface area contributed by atoms with Crippen LogP contribution in [-0.2, 0) is 61.9 Å². The van der Waals surface area contributed by atoms with E-state index in [9.17, 15) is 46.7 Å². The number of benzene rings is 4. The number of aromatic nitrogens is 6. The lowest BCUT2D eigenvalue weighted by atomic mass is 9.80. The lowest BCUT2D eigenvalue weighted by Crippen LogP contribution is -2.38. The summed E-state index contributed by atoms with van der Waals surface area (Å²) in [5.41, 5.74) is -0.989. The Morgan fingerprint density at radius 3 is 2.05 bits per heavy atom. The number of amides is 3. The molecule has 4 aromatic carbocycles. The number of ketones is 1. The highest BCUT2D eigenvalue weighted by Gasteiger charge is 2.48. The SMILES string of the molecule is [C-]#[N+]CCOP(=O)(OC[C@H]1O[C@@H](n2cnc3c(NC(=O)c4ccccc4)ncnc32)C[C@H]1OC(=O)CCC(C)=O)O[C@@H]1C[C@H](n2cc(C#CCNC(=O)CCCCCNC(=O)C(F)(F)F)c(=O)[nH]c2=O)O[C@@H]1COC(c1ccccc1)(c1ccc(OC)cc1)c1ccc(OC)cc1. The summed E-state index contributed by atoms with van der Waals surface area (Å²) in [6.07, 6.45) is -8.80. The fourth-order valence-corrected chi connectivity index (χ4v) is 12.0. The van der Waals surface area contributed by atoms with E-state index in [1.807, 2.05) is 54.6 Å². The summed E-state index contributed by atoms with van der Waals surface area (Å²) in [5, 5.41) is 7.10. The Kier molecular flexibility index (Phi) is 24.4. The van der Waals surface area contributed by atoms with Gasteiger partial charge in [-0.05, 0) is 72.9 Å². The van der Waals surface area contributed by atoms with Crippen molar-refractivity contribution in [1.29, 1.82) is 0 Å². The molecule has 0 aliphatic carbocycles. The van der Waals surface area contributed by atoms with Gasteiger partial charge < -0.3 is 54.0 Å². The fraction of sp³-hybridized carbons (Fsp3) is 0.379. The smallest absolute Gasteiger partial charge is 0.475 e. The van der Waals surface area contributed by atoms with Crippen LogP contribution in [0.1, 0.15) is 103 Å². The molecule has 97 heavy (non-hydrogen) atoms. The van der Waals surface area contributed by atoms with E-state index in [1.165, 1.54) is 38.4 Å². The summed E-state index contributed by atoms with van der Waals surface area (Å²) >= 11 is 0. The number of nitrogens with one attached hydrogen (secondary N) is 4. The molecule has 5 heterocycles. The van der Waals surface area contributed by atoms with E-state index in [1.54, 1.807) is 59.9 Å². The maximum atomic E-state index is 15.5. The van der Waals surface area contributed by atoms with Crippen LogP contribution >= 0.6 is 7.82 Å². The minimum atomic E-state index is -5.01. The number of Topliss-reactive ketones (excluding diaryl/α,β-unsaturated/α-hetero) is 1. The Morgan fingerprint density at radius 1 is 0.763 bits per heavy atom. The van der Waals surface area contributed by atoms with Gasteiger partial charge in [-0.3, -0.25) is 51.7 Å². The number of rotatable bonds is 31. The number of phosphoric ester groups is 1. The van der Waals surface area contributed by atoms with E-state index in [-0.39, 0.29) is 92.9 Å². The van der Waals surface area contributed by atoms with Crippen LogP contribution in [0.5, 0.6) is 11.5 Å². The number of hydrogen-bond donors (Lipinski definition) is 4. The van der Waals surface area contributed by atoms with Gasteiger partial charge in [0.05, 0.1) is 46.7 Å². The lowest BCUT2D eigenvalue weighted by Gasteiger charge is -2.37. The van der Waals surface area contributed by atoms with Crippen LogP contribution in [0.4, 0.5) is 19.0 Å². The minimum Gasteiger partial charge on any atom is -0.497 e. The molecule has 510 valence electrons. The van der Waals surface area contributed by atoms with E-state index in [4.69, 9.17) is 48.6 Å². The van der Waals surface area contributed by atoms with Crippen LogP contribution in [-0.4, -0.2) is 143 Å². The number of ether oxygens (including phenoxy) is 6. The number of fused-ring (bicyclic) bond motifs is 1. The number of imidazole rings is 1. The molecule has 2 fully saturated rings. The van der Waals surface area contributed by atoms with Gasteiger partial charge in [-0.1, -0.05) is 91.1 Å². The van der Waals surface area contributed by atoms with E-state index in [0.717, 1.165) is 10.8 Å². The summed E-state index contributed by atoms with van der Waals surface area (Å²) in [5.74, 6) is 2.48. The predicted octanol–water partition coefficient (Wildman–Crippen LogP) is 7.66. The number of nitrogens with zero attached hydrogens (tertiary/aromatic N) is 6. The Bertz CT molecular complexity index is 4130. The van der Waals surface area contributed by atoms with Crippen molar-refractivity contribution in [3.63, 3.8) is 0 Å². The summed E-state index contributed by atoms with van der Waals surface area (Å²) in [6, 6.07) is 31.9. The number of hydrogen-bond acceptors (Lipinski definition) is 20. The van der Waals surface area contributed by atoms with Crippen LogP contribution in [0.25, 0.3) is 16.0 Å². The number of anilines is 1. The van der Waals surface area contributed by atoms with Gasteiger partial charge >= 0.3 is 31.6 Å². The predicted molar refractivity (Wildman–Crippen MR) is 339 cm³/mol. The molecular weight excluding hydrogens is 1290 g/mol. The third-order valence-electron chi connectivity index (χ3n) is 15.5. The molecule has 0 bridgehead atoms. The highest BCUT2D eigenvalue weighted by atomic mass is 31.2. The Balaban J connectivity index is 1.01. The molecule has 7 aromatic rings. The van der Waals surface area contributed by atoms with E-state index < -0.39 is 111 Å². The van der Waals surface area contributed by atoms with Gasteiger partial charge in [-0.25, -0.2) is 30.9 Å². The molecular formula is C66H68F3N10O17P. The first kappa shape index (κ1) is 71.4. The first-order valence-corrected chi connectivity index (χ1v) is 32.1. The number of carbonyl (C=O) groups excluding carboxylic acids is 5. The normalized spacial score (nSPS) is 18.2. The van der Waals surface area contributed by atoms with Crippen molar-refractivity contribution in [3.05, 3.63) is 188 Å². The molecule has 27 nitrogen and oxygen atoms in total. The van der Waals surface area contributed by atoms with Crippen molar-refractivity contribution in [3.8, 4) is 23.3 Å². The molecule has 2 saturated heterocycles. The molecule has 9 rings (SSSR count). The first-order valence-electron chi connectivity index (χ1n) is 30.6. The van der Waals surface area contributed by atoms with E-state index >= 15 is 4.57 Å². The molecule has 7 atom stereocenters. The van der Waals surface area contributed by atoms with Gasteiger partial charge in [-0.2, -0.15) is 13.2 Å². The molecule has 3 aromatic heterocycles. The zero-order valence-corrected chi connectivity index (χ0v) is 53.6. The van der Waals surface area contributed by atoms with Gasteiger partial charge in [-0.15, -0.1) is 0 Å². The lowest BCUT2D eigenvalue weighted by molar-refractivity contribution is -0.173. The highest BCUT2D eigenvalue weighted by Crippen LogP contribution is 2.54. The number of carbonyl (C=O) groups is 5. The number of phosphoric acid groups is 1. The highest BCUT2D eigenvalue weighted by molar-refractivity contribution is 7.48. The summed E-state index contributed by atoms with van der Waals surface area (Å²) in [4.78, 5) is 108. The van der Waals surface area contributed by atoms with Gasteiger partial charge in [0.15, 0.2) is 17.0 Å². The number of aromatic amines is 1. The second kappa shape index (κ2) is 33.2. The number of methoxy groups -OCH3 is 2. The molecule has 31 heteroatoms. The standard InChI is InChI=1S/C66H68F3N10O17P/c1-42(80)21-30-57(82)95-50-35-56(79-41-75-58-59(73-40-74-60(58)79)76-61(83)43-15-8-5-9-16-43)94-53(50)39-92-97(87,91-34-33-70-2)96-51-36-55(78-37-44(62(84)77-64(78)86)17-14-32-71-54(81)20-12-7-13-31-72-63(85)66(67,68)69)93-52(51)38-90-65(45-18-10-6-11-19-45,46-22-26-48(88-3)27-23-46)47-24-28-49(89-4)29-25-47/h5-6,8-11,15-16,18-19,22-29,37,40-41,50-53,55-56H,7,12-13,20-21,30-36,38-39H2,1,3-4H3,(H,71,81)(H,72,85)(H,77,84,86)(H,73,74,76,83)/t50-,51-,52-,53-,55-,56-,97?/m1/s1. The average Bonchev–Trinajstić information content (AvgIpc) is 0.979. The van der Waals surface area contributed by atoms with Crippen LogP contribution in [0.2, 0.25) is 0 Å². The van der Waals surface area contributed by atoms with Crippen molar-refractivity contribution in [2.75, 3.05) is 59.0 Å². The molecule has 3 amide bonds. The third kappa shape index (κ3) is 18.6. The average molecular weight is 1360 g/mol. The summed E-state index contributed by atoms with van der Waals surface area (Å²) in [6.45, 7) is 6.48. The molecule has 0 spiro atoms. The van der Waals surface area contributed by atoms with Crippen molar-refractivity contribution in [2.45, 2.75) is 107 Å². The van der Waals surface area contributed by atoms with Crippen molar-refractivity contribution in [1.82, 2.24) is 39.7 Å². The Labute approximate surface area is 553 Å². The number of halogens is 3. The molecule has 2 aliphatic rings. The van der Waals surface area contributed by atoms with Gasteiger partial charge in [0, 0.05) is 44.0 Å². The molecule has 2 aliphatic heterocycles. The van der Waals surface area contributed by atoms with Crippen molar-refractivity contribution in [2.24, 2.45) is 0 Å². The topological polar surface area (TPSA) is 324 Å². The molecule has 4 N–H and O–H groups in total. The van der Waals surface area contributed by atoms with Crippen LogP contribution in [0, 0.1) is 18.4 Å². The fourth-order valence-electron chi connectivity index (χ4n) is 10.7. The maximum Gasteiger partial charge on any atom is 0.475 e. The number of esters is 1. The summed E-state index contributed by atoms with van der Waals surface area (Å²) in [7, 11) is -1.95. The van der Waals surface area contributed by atoms with E-state index in [2.05, 4.69) is 47.3 Å². The largest absolute Gasteiger partial charge is 0.497 e. The second-order valence-corrected chi connectivity index (χ2v) is 23.7. The Hall–Kier alpha value is -9.91. The zero-order chi connectivity index (χ0) is 69.1. The van der Waals surface area contributed by atoms with E-state index in [0.29, 0.717) is 40.2 Å². The third-order valence-corrected chi connectivity index (χ3v) is 17.0. The number of unbranched alkanes of at least 4 members (excludes halogenated alkanes) is 2. The number of H-pyrrole nitrogens is 1. The maximum absolute atomic E-state index is 15.5. The van der Waals surface area contributed by atoms with Gasteiger partial charge in [0.25, 0.3) is 11.5 Å². The minimum absolute atomic E-state index is 0.0162. The molecule has 0 radical (unpaired) electrons. The first-order chi connectivity index (χ1) is 46.7. The second-order valence-electron chi connectivity index (χ2n) is 22.1. The number of alkyl halides is 3. The monoisotopic (exact) mass is 1360 g/mol. The van der Waals surface area contributed by atoms with Crippen LogP contribution < -0.4 is 36.7 Å². The quantitative estimate of drug-likeness (QED) is 0.00809. The van der Waals surface area contributed by atoms with Crippen molar-refractivity contribution < 1.29 is 83.7 Å². The van der Waals surface area contributed by atoms with Gasteiger partial charge in [0.2, 0.25) is 12.5 Å². The molecule has 1 unspecified atom stereocenters. The van der Waals surface area contributed by atoms with Gasteiger partial charge in [0.1, 0.15) is 78.3 Å². The summed E-state index contributed by atoms with van der Waals surface area (Å²) < 4.78 is 112.